The van der Waals surface area contributed by atoms with Crippen LogP contribution in [0.15, 0.2) is 24.3 Å². The van der Waals surface area contributed by atoms with Crippen molar-refractivity contribution in [3.8, 4) is 11.5 Å². The lowest BCUT2D eigenvalue weighted by atomic mass is 9.95. The van der Waals surface area contributed by atoms with Crippen LogP contribution in [0.25, 0.3) is 0 Å². The molecule has 0 aromatic heterocycles. The number of rotatable bonds is 6. The summed E-state index contributed by atoms with van der Waals surface area (Å²) < 4.78 is 11.2. The molecule has 1 saturated heterocycles. The summed E-state index contributed by atoms with van der Waals surface area (Å²) in [5.41, 5.74) is 0. The van der Waals surface area contributed by atoms with Gasteiger partial charge in [0.05, 0.1) is 13.2 Å². The van der Waals surface area contributed by atoms with Gasteiger partial charge in [0.1, 0.15) is 11.5 Å². The van der Waals surface area contributed by atoms with Crippen LogP contribution in [0.3, 0.4) is 0 Å². The minimum absolute atomic E-state index is 0.693. The van der Waals surface area contributed by atoms with E-state index in [1.165, 1.54) is 12.8 Å². The van der Waals surface area contributed by atoms with Crippen molar-refractivity contribution in [1.29, 1.82) is 0 Å². The summed E-state index contributed by atoms with van der Waals surface area (Å²) in [6.45, 7) is 5.80. The maximum Gasteiger partial charge on any atom is 0.122 e. The van der Waals surface area contributed by atoms with Gasteiger partial charge in [-0.1, -0.05) is 6.07 Å². The standard InChI is InChI=1S/C15H23NO2/c1-2-17-14-4-3-5-15(12-14)18-11-8-13-6-9-16-10-7-13/h3-5,12-13,16H,2,6-11H2,1H3. The average Bonchev–Trinajstić information content (AvgIpc) is 2.41. The SMILES string of the molecule is CCOc1cccc(OCCC2CCNCC2)c1. The van der Waals surface area contributed by atoms with Gasteiger partial charge in [0, 0.05) is 6.07 Å². The van der Waals surface area contributed by atoms with E-state index in [9.17, 15) is 0 Å². The van der Waals surface area contributed by atoms with Gasteiger partial charge in [-0.15, -0.1) is 0 Å². The van der Waals surface area contributed by atoms with Crippen molar-refractivity contribution in [1.82, 2.24) is 5.32 Å². The number of ether oxygens (including phenoxy) is 2. The first kappa shape index (κ1) is 13.2. The fourth-order valence-electron chi connectivity index (χ4n) is 2.33. The molecule has 1 aromatic carbocycles. The molecule has 1 heterocycles. The Morgan fingerprint density at radius 2 is 1.89 bits per heavy atom. The van der Waals surface area contributed by atoms with Crippen LogP contribution in [-0.4, -0.2) is 26.3 Å². The Hall–Kier alpha value is -1.22. The normalized spacial score (nSPS) is 16.5. The van der Waals surface area contributed by atoms with Crippen LogP contribution in [-0.2, 0) is 0 Å². The van der Waals surface area contributed by atoms with E-state index >= 15 is 0 Å². The highest BCUT2D eigenvalue weighted by Gasteiger charge is 2.12. The van der Waals surface area contributed by atoms with E-state index in [1.807, 2.05) is 31.2 Å². The van der Waals surface area contributed by atoms with Crippen LogP contribution >= 0.6 is 0 Å². The van der Waals surface area contributed by atoms with E-state index in [2.05, 4.69) is 5.32 Å². The van der Waals surface area contributed by atoms with Crippen molar-refractivity contribution < 1.29 is 9.47 Å². The molecule has 1 fully saturated rings. The minimum Gasteiger partial charge on any atom is -0.494 e. The van der Waals surface area contributed by atoms with E-state index in [-0.39, 0.29) is 0 Å². The zero-order chi connectivity index (χ0) is 12.6. The van der Waals surface area contributed by atoms with E-state index < -0.39 is 0 Å². The molecule has 1 N–H and O–H groups in total. The maximum atomic E-state index is 5.80. The number of nitrogens with one attached hydrogen (secondary N) is 1. The second kappa shape index (κ2) is 7.27. The van der Waals surface area contributed by atoms with Gasteiger partial charge < -0.3 is 14.8 Å². The Bertz CT molecular complexity index is 348. The van der Waals surface area contributed by atoms with Crippen LogP contribution in [0.5, 0.6) is 11.5 Å². The smallest absolute Gasteiger partial charge is 0.122 e. The van der Waals surface area contributed by atoms with Crippen molar-refractivity contribution in [2.45, 2.75) is 26.2 Å². The first-order valence-electron chi connectivity index (χ1n) is 6.95. The van der Waals surface area contributed by atoms with E-state index in [1.54, 1.807) is 0 Å². The Labute approximate surface area is 109 Å². The molecule has 2 rings (SSSR count). The quantitative estimate of drug-likeness (QED) is 0.841. The van der Waals surface area contributed by atoms with Gasteiger partial charge in [-0.05, 0) is 57.3 Å². The third-order valence-corrected chi connectivity index (χ3v) is 3.37. The first-order valence-corrected chi connectivity index (χ1v) is 6.95. The monoisotopic (exact) mass is 249 g/mol. The van der Waals surface area contributed by atoms with Gasteiger partial charge in [-0.3, -0.25) is 0 Å². The molecule has 3 nitrogen and oxygen atoms in total. The van der Waals surface area contributed by atoms with Gasteiger partial charge in [0.2, 0.25) is 0 Å². The summed E-state index contributed by atoms with van der Waals surface area (Å²) in [5, 5.41) is 3.39. The Balaban J connectivity index is 1.73. The molecule has 0 aliphatic carbocycles. The van der Waals surface area contributed by atoms with E-state index in [0.29, 0.717) is 6.61 Å². The summed E-state index contributed by atoms with van der Waals surface area (Å²) in [5.74, 6) is 2.62. The molecule has 0 bridgehead atoms. The minimum atomic E-state index is 0.693. The van der Waals surface area contributed by atoms with Crippen LogP contribution < -0.4 is 14.8 Å². The number of benzene rings is 1. The van der Waals surface area contributed by atoms with Crippen LogP contribution in [0, 0.1) is 5.92 Å². The molecular formula is C15H23NO2. The van der Waals surface area contributed by atoms with Crippen LogP contribution in [0.2, 0.25) is 0 Å². The highest BCUT2D eigenvalue weighted by atomic mass is 16.5. The summed E-state index contributed by atoms with van der Waals surface area (Å²) in [6.07, 6.45) is 3.71. The molecule has 100 valence electrons. The second-order valence-electron chi connectivity index (χ2n) is 4.74. The van der Waals surface area contributed by atoms with Crippen molar-refractivity contribution in [2.24, 2.45) is 5.92 Å². The highest BCUT2D eigenvalue weighted by molar-refractivity contribution is 5.32. The Morgan fingerprint density at radius 1 is 1.17 bits per heavy atom. The molecule has 0 spiro atoms. The highest BCUT2D eigenvalue weighted by Crippen LogP contribution is 2.21. The largest absolute Gasteiger partial charge is 0.494 e. The average molecular weight is 249 g/mol. The van der Waals surface area contributed by atoms with E-state index in [0.717, 1.165) is 43.5 Å². The predicted octanol–water partition coefficient (Wildman–Crippen LogP) is 2.85. The molecule has 0 amide bonds. The fraction of sp³-hybridized carbons (Fsp3) is 0.600. The molecule has 0 unspecified atom stereocenters. The molecule has 1 aliphatic rings. The van der Waals surface area contributed by atoms with Crippen LogP contribution in [0.1, 0.15) is 26.2 Å². The van der Waals surface area contributed by atoms with Crippen LogP contribution in [0.4, 0.5) is 0 Å². The Kier molecular flexibility index (Phi) is 5.34. The number of piperidine rings is 1. The lowest BCUT2D eigenvalue weighted by Gasteiger charge is -2.22. The lowest BCUT2D eigenvalue weighted by molar-refractivity contribution is 0.250. The van der Waals surface area contributed by atoms with Gasteiger partial charge in [0.15, 0.2) is 0 Å². The second-order valence-corrected chi connectivity index (χ2v) is 4.74. The summed E-state index contributed by atoms with van der Waals surface area (Å²) in [7, 11) is 0. The number of hydrogen-bond acceptors (Lipinski definition) is 3. The summed E-state index contributed by atoms with van der Waals surface area (Å²) in [4.78, 5) is 0. The molecule has 3 heteroatoms. The van der Waals surface area contributed by atoms with Gasteiger partial charge >= 0.3 is 0 Å². The first-order chi connectivity index (χ1) is 8.88. The topological polar surface area (TPSA) is 30.5 Å². The van der Waals surface area contributed by atoms with Crippen molar-refractivity contribution >= 4 is 0 Å². The lowest BCUT2D eigenvalue weighted by Crippen LogP contribution is -2.28. The van der Waals surface area contributed by atoms with Gasteiger partial charge in [-0.2, -0.15) is 0 Å². The van der Waals surface area contributed by atoms with Crippen molar-refractivity contribution in [3.05, 3.63) is 24.3 Å². The third-order valence-electron chi connectivity index (χ3n) is 3.37. The number of hydrogen-bond donors (Lipinski definition) is 1. The molecule has 1 aliphatic heterocycles. The zero-order valence-corrected chi connectivity index (χ0v) is 11.2. The summed E-state index contributed by atoms with van der Waals surface area (Å²) in [6, 6.07) is 7.89. The van der Waals surface area contributed by atoms with Gasteiger partial charge in [0.25, 0.3) is 0 Å². The Morgan fingerprint density at radius 3 is 2.61 bits per heavy atom. The summed E-state index contributed by atoms with van der Waals surface area (Å²) >= 11 is 0. The van der Waals surface area contributed by atoms with E-state index in [4.69, 9.17) is 9.47 Å². The predicted molar refractivity (Wildman–Crippen MR) is 73.3 cm³/mol. The molecule has 0 saturated carbocycles. The fourth-order valence-corrected chi connectivity index (χ4v) is 2.33. The molecule has 0 atom stereocenters. The molecule has 1 aromatic rings. The molecular weight excluding hydrogens is 226 g/mol. The van der Waals surface area contributed by atoms with Gasteiger partial charge in [-0.25, -0.2) is 0 Å². The zero-order valence-electron chi connectivity index (χ0n) is 11.2. The maximum absolute atomic E-state index is 5.80. The third kappa shape index (κ3) is 4.22. The molecule has 0 radical (unpaired) electrons. The van der Waals surface area contributed by atoms with Crippen molar-refractivity contribution in [2.75, 3.05) is 26.3 Å². The van der Waals surface area contributed by atoms with Crippen molar-refractivity contribution in [3.63, 3.8) is 0 Å². The molecule has 18 heavy (non-hydrogen) atoms.